The Morgan fingerprint density at radius 2 is 1.91 bits per heavy atom. The predicted molar refractivity (Wildman–Crippen MR) is 130 cm³/mol. The first-order valence-corrected chi connectivity index (χ1v) is 12.5. The third kappa shape index (κ3) is 3.77. The molecule has 1 aromatic rings. The number of carbonyl (C=O) groups is 2. The van der Waals surface area contributed by atoms with E-state index in [4.69, 9.17) is 9.47 Å². The van der Waals surface area contributed by atoms with Crippen LogP contribution < -0.4 is 0 Å². The number of fused-ring (bicyclic) bond motifs is 4. The van der Waals surface area contributed by atoms with Gasteiger partial charge >= 0.3 is 5.97 Å². The Labute approximate surface area is 202 Å². The second kappa shape index (κ2) is 7.89. The van der Waals surface area contributed by atoms with E-state index in [2.05, 4.69) is 26.8 Å². The minimum Gasteiger partial charge on any atom is -0.458 e. The maximum Gasteiger partial charge on any atom is 0.331 e. The minimum absolute atomic E-state index is 0.162. The quantitative estimate of drug-likeness (QED) is 0.397. The molecule has 0 spiro atoms. The fourth-order valence-corrected chi connectivity index (χ4v) is 6.83. The van der Waals surface area contributed by atoms with Gasteiger partial charge in [-0.05, 0) is 73.5 Å². The van der Waals surface area contributed by atoms with Crippen LogP contribution in [0, 0.1) is 29.1 Å². The molecule has 0 aromatic heterocycles. The molecule has 0 unspecified atom stereocenters. The Hall–Kier alpha value is -2.24. The standard InChI is InChI=1S/C29H36O5/c1-17-15-21-20(27(21,3)4)13-14-28(5)26(34-28)23-24(18(2)16-29(23,32)25(17)31)33-22(30)12-11-19-9-7-6-8-10-19/h6-12,15,18,20-21,23-24,26,32H,13-14,16H2,1-5H3/b12-11+,17-15-/t18-,20-,21-,23+,24-,26+,28+,29+/m0/s1. The molecule has 182 valence electrons. The van der Waals surface area contributed by atoms with Crippen LogP contribution in [-0.4, -0.2) is 40.3 Å². The minimum atomic E-state index is -1.60. The van der Waals surface area contributed by atoms with Gasteiger partial charge in [-0.1, -0.05) is 57.2 Å². The van der Waals surface area contributed by atoms with Crippen LogP contribution in [0.1, 0.15) is 59.4 Å². The number of hydrogen-bond donors (Lipinski definition) is 1. The number of ketones is 1. The Kier molecular flexibility index (Phi) is 5.45. The van der Waals surface area contributed by atoms with Crippen molar-refractivity contribution < 1.29 is 24.2 Å². The largest absolute Gasteiger partial charge is 0.458 e. The van der Waals surface area contributed by atoms with Gasteiger partial charge in [0.15, 0.2) is 5.78 Å². The number of aliphatic hydroxyl groups is 1. The number of carbonyl (C=O) groups excluding carboxylic acids is 2. The van der Waals surface area contributed by atoms with Crippen LogP contribution in [0.15, 0.2) is 48.1 Å². The van der Waals surface area contributed by atoms with Crippen molar-refractivity contribution in [3.8, 4) is 0 Å². The lowest BCUT2D eigenvalue weighted by atomic mass is 9.77. The maximum absolute atomic E-state index is 13.7. The Balaban J connectivity index is 1.43. The summed E-state index contributed by atoms with van der Waals surface area (Å²) in [7, 11) is 0. The Bertz CT molecular complexity index is 1060. The second-order valence-corrected chi connectivity index (χ2v) is 11.8. The van der Waals surface area contributed by atoms with Gasteiger partial charge in [0.05, 0.1) is 17.6 Å². The summed E-state index contributed by atoms with van der Waals surface area (Å²) >= 11 is 0. The molecular formula is C29H36O5. The molecule has 4 aliphatic rings. The molecule has 1 heterocycles. The van der Waals surface area contributed by atoms with Crippen molar-refractivity contribution in [2.75, 3.05) is 0 Å². The number of benzene rings is 1. The van der Waals surface area contributed by atoms with Crippen molar-refractivity contribution in [2.24, 2.45) is 29.1 Å². The number of esters is 1. The van der Waals surface area contributed by atoms with Crippen molar-refractivity contribution in [1.29, 1.82) is 0 Å². The Morgan fingerprint density at radius 3 is 2.62 bits per heavy atom. The van der Waals surface area contributed by atoms with Crippen LogP contribution in [0.25, 0.3) is 6.08 Å². The molecule has 0 bridgehead atoms. The molecule has 2 saturated carbocycles. The van der Waals surface area contributed by atoms with E-state index in [1.165, 1.54) is 6.08 Å². The molecule has 5 rings (SSSR count). The van der Waals surface area contributed by atoms with E-state index in [-0.39, 0.29) is 29.6 Å². The molecule has 1 aromatic carbocycles. The van der Waals surface area contributed by atoms with Crippen molar-refractivity contribution in [1.82, 2.24) is 0 Å². The lowest BCUT2D eigenvalue weighted by Gasteiger charge is -2.31. The zero-order chi connectivity index (χ0) is 24.5. The number of rotatable bonds is 3. The van der Waals surface area contributed by atoms with Gasteiger partial charge in [0.1, 0.15) is 11.7 Å². The average Bonchev–Trinajstić information content (AvgIpc) is 3.56. The van der Waals surface area contributed by atoms with E-state index in [0.29, 0.717) is 17.4 Å². The molecule has 1 N–H and O–H groups in total. The molecule has 3 aliphatic carbocycles. The van der Waals surface area contributed by atoms with Crippen LogP contribution >= 0.6 is 0 Å². The first-order chi connectivity index (χ1) is 16.0. The van der Waals surface area contributed by atoms with Gasteiger partial charge in [-0.2, -0.15) is 0 Å². The van der Waals surface area contributed by atoms with E-state index in [1.807, 2.05) is 44.2 Å². The summed E-state index contributed by atoms with van der Waals surface area (Å²) in [6, 6.07) is 9.56. The number of Topliss-reactive ketones (excluding diaryl/α,β-unsaturated/α-hetero) is 1. The molecule has 3 fully saturated rings. The molecule has 1 aliphatic heterocycles. The fourth-order valence-electron chi connectivity index (χ4n) is 6.83. The van der Waals surface area contributed by atoms with Crippen LogP contribution in [0.4, 0.5) is 0 Å². The molecule has 0 radical (unpaired) electrons. The van der Waals surface area contributed by atoms with Crippen molar-refractivity contribution in [3.05, 3.63) is 53.6 Å². The monoisotopic (exact) mass is 464 g/mol. The summed E-state index contributed by atoms with van der Waals surface area (Å²) in [6.45, 7) is 10.3. The van der Waals surface area contributed by atoms with Crippen LogP contribution in [0.2, 0.25) is 0 Å². The van der Waals surface area contributed by atoms with E-state index >= 15 is 0 Å². The van der Waals surface area contributed by atoms with Gasteiger partial charge in [0.2, 0.25) is 0 Å². The van der Waals surface area contributed by atoms with E-state index in [1.54, 1.807) is 6.08 Å². The van der Waals surface area contributed by atoms with Gasteiger partial charge in [0.25, 0.3) is 0 Å². The van der Waals surface area contributed by atoms with Gasteiger partial charge in [-0.25, -0.2) is 4.79 Å². The van der Waals surface area contributed by atoms with E-state index in [9.17, 15) is 14.7 Å². The summed E-state index contributed by atoms with van der Waals surface area (Å²) < 4.78 is 12.2. The van der Waals surface area contributed by atoms with E-state index < -0.39 is 29.2 Å². The molecule has 0 amide bonds. The second-order valence-electron chi connectivity index (χ2n) is 11.8. The third-order valence-corrected chi connectivity index (χ3v) is 9.10. The molecule has 5 nitrogen and oxygen atoms in total. The highest BCUT2D eigenvalue weighted by Gasteiger charge is 2.70. The molecule has 5 heteroatoms. The lowest BCUT2D eigenvalue weighted by Crippen LogP contribution is -2.49. The number of epoxide rings is 1. The molecule has 34 heavy (non-hydrogen) atoms. The summed E-state index contributed by atoms with van der Waals surface area (Å²) in [6.07, 6.45) is 6.47. The smallest absolute Gasteiger partial charge is 0.331 e. The summed E-state index contributed by atoms with van der Waals surface area (Å²) in [5.74, 6) is -0.608. The Morgan fingerprint density at radius 1 is 1.21 bits per heavy atom. The fraction of sp³-hybridized carbons (Fsp3) is 0.586. The molecular weight excluding hydrogens is 428 g/mol. The number of hydrogen-bond acceptors (Lipinski definition) is 5. The summed E-state index contributed by atoms with van der Waals surface area (Å²) in [4.78, 5) is 26.4. The summed E-state index contributed by atoms with van der Waals surface area (Å²) in [5.41, 5.74) is -0.332. The highest BCUT2D eigenvalue weighted by atomic mass is 16.6. The first kappa shape index (κ1) is 23.5. The number of allylic oxidation sites excluding steroid dienone is 1. The third-order valence-electron chi connectivity index (χ3n) is 9.10. The summed E-state index contributed by atoms with van der Waals surface area (Å²) in [5, 5.41) is 11.9. The van der Waals surface area contributed by atoms with Gasteiger partial charge in [0, 0.05) is 6.08 Å². The first-order valence-electron chi connectivity index (χ1n) is 12.5. The average molecular weight is 465 g/mol. The van der Waals surface area contributed by atoms with Crippen molar-refractivity contribution in [3.63, 3.8) is 0 Å². The van der Waals surface area contributed by atoms with Crippen molar-refractivity contribution >= 4 is 17.8 Å². The van der Waals surface area contributed by atoms with E-state index in [0.717, 1.165) is 18.4 Å². The highest BCUT2D eigenvalue weighted by Crippen LogP contribution is 2.64. The van der Waals surface area contributed by atoms with Crippen LogP contribution in [0.5, 0.6) is 0 Å². The number of ether oxygens (including phenoxy) is 2. The van der Waals surface area contributed by atoms with Crippen molar-refractivity contribution in [2.45, 2.75) is 77.3 Å². The van der Waals surface area contributed by atoms with Crippen LogP contribution in [0.3, 0.4) is 0 Å². The van der Waals surface area contributed by atoms with Gasteiger partial charge < -0.3 is 14.6 Å². The molecule has 8 atom stereocenters. The van der Waals surface area contributed by atoms with Crippen LogP contribution in [-0.2, 0) is 19.1 Å². The highest BCUT2D eigenvalue weighted by molar-refractivity contribution is 6.02. The lowest BCUT2D eigenvalue weighted by molar-refractivity contribution is -0.153. The zero-order valence-corrected chi connectivity index (χ0v) is 20.8. The zero-order valence-electron chi connectivity index (χ0n) is 20.8. The van der Waals surface area contributed by atoms with Gasteiger partial charge in [-0.15, -0.1) is 0 Å². The SMILES string of the molecule is C/C1=C/[C@H]2[C@H](CC[C@@]3(C)O[C@@H]3[C@H]3[C@@H](OC(=O)/C=C/c4ccccc4)[C@@H](C)C[C@]3(O)C1=O)C2(C)C. The topological polar surface area (TPSA) is 76.1 Å². The van der Waals surface area contributed by atoms with Gasteiger partial charge in [-0.3, -0.25) is 4.79 Å². The molecule has 1 saturated heterocycles. The predicted octanol–water partition coefficient (Wildman–Crippen LogP) is 4.74. The maximum atomic E-state index is 13.7. The normalized spacial score (nSPS) is 44.2.